The Morgan fingerprint density at radius 3 is 2.67 bits per heavy atom. The van der Waals surface area contributed by atoms with E-state index in [4.69, 9.17) is 0 Å². The van der Waals surface area contributed by atoms with Crippen LogP contribution < -0.4 is 10.6 Å². The van der Waals surface area contributed by atoms with Crippen LogP contribution in [-0.2, 0) is 9.59 Å². The van der Waals surface area contributed by atoms with Crippen LogP contribution in [0.15, 0.2) is 0 Å². The van der Waals surface area contributed by atoms with E-state index in [9.17, 15) is 9.59 Å². The molecule has 0 radical (unpaired) electrons. The molecule has 0 heterocycles. The van der Waals surface area contributed by atoms with Gasteiger partial charge in [0.15, 0.2) is 0 Å². The standard InChI is InChI=1S/C7H14N2O2S/c1-8-6(7(11)9-2)5-12-4-3-10/h3,6,8H,4-5H2,1-2H3,(H,9,11). The van der Waals surface area contributed by atoms with Crippen molar-refractivity contribution in [2.75, 3.05) is 25.6 Å². The van der Waals surface area contributed by atoms with Gasteiger partial charge >= 0.3 is 0 Å². The van der Waals surface area contributed by atoms with E-state index in [1.165, 1.54) is 11.8 Å². The summed E-state index contributed by atoms with van der Waals surface area (Å²) in [7, 11) is 3.32. The zero-order valence-electron chi connectivity index (χ0n) is 7.29. The van der Waals surface area contributed by atoms with Crippen molar-refractivity contribution >= 4 is 24.0 Å². The van der Waals surface area contributed by atoms with Crippen LogP contribution in [0, 0.1) is 0 Å². The van der Waals surface area contributed by atoms with Crippen LogP contribution in [-0.4, -0.2) is 43.8 Å². The number of nitrogens with one attached hydrogen (secondary N) is 2. The molecule has 1 amide bonds. The lowest BCUT2D eigenvalue weighted by Gasteiger charge is -2.12. The maximum Gasteiger partial charge on any atom is 0.237 e. The van der Waals surface area contributed by atoms with Crippen LogP contribution >= 0.6 is 11.8 Å². The fraction of sp³-hybridized carbons (Fsp3) is 0.714. The van der Waals surface area contributed by atoms with Gasteiger partial charge in [-0.15, -0.1) is 0 Å². The fourth-order valence-corrected chi connectivity index (χ4v) is 1.48. The average Bonchev–Trinajstić information content (AvgIpc) is 2.11. The Hall–Kier alpha value is -0.550. The van der Waals surface area contributed by atoms with E-state index in [0.717, 1.165) is 6.29 Å². The summed E-state index contributed by atoms with van der Waals surface area (Å²) in [5, 5.41) is 5.40. The summed E-state index contributed by atoms with van der Waals surface area (Å²) in [5.41, 5.74) is 0. The molecule has 0 aromatic heterocycles. The molecule has 5 heteroatoms. The number of amides is 1. The predicted molar refractivity (Wildman–Crippen MR) is 50.3 cm³/mol. The monoisotopic (exact) mass is 190 g/mol. The zero-order valence-corrected chi connectivity index (χ0v) is 8.11. The summed E-state index contributed by atoms with van der Waals surface area (Å²) in [5.74, 6) is 1.01. The average molecular weight is 190 g/mol. The van der Waals surface area contributed by atoms with Gasteiger partial charge in [0.2, 0.25) is 5.91 Å². The number of rotatable bonds is 6. The van der Waals surface area contributed by atoms with Gasteiger partial charge in [-0.1, -0.05) is 0 Å². The van der Waals surface area contributed by atoms with Gasteiger partial charge in [-0.3, -0.25) is 4.79 Å². The van der Waals surface area contributed by atoms with E-state index in [1.807, 2.05) is 0 Å². The molecule has 0 aliphatic heterocycles. The Labute approximate surface area is 76.5 Å². The molecular formula is C7H14N2O2S. The van der Waals surface area contributed by atoms with E-state index in [0.29, 0.717) is 11.5 Å². The molecule has 0 saturated carbocycles. The lowest BCUT2D eigenvalue weighted by Crippen LogP contribution is -2.42. The second-order valence-corrected chi connectivity index (χ2v) is 3.23. The van der Waals surface area contributed by atoms with Crippen molar-refractivity contribution in [2.45, 2.75) is 6.04 Å². The third-order valence-corrected chi connectivity index (χ3v) is 2.32. The molecule has 1 atom stereocenters. The topological polar surface area (TPSA) is 58.2 Å². The minimum Gasteiger partial charge on any atom is -0.358 e. The molecule has 12 heavy (non-hydrogen) atoms. The Bertz CT molecular complexity index is 152. The molecule has 1 unspecified atom stereocenters. The highest BCUT2D eigenvalue weighted by atomic mass is 32.2. The Kier molecular flexibility index (Phi) is 6.79. The van der Waals surface area contributed by atoms with Crippen LogP contribution in [0.3, 0.4) is 0 Å². The lowest BCUT2D eigenvalue weighted by atomic mass is 10.3. The number of carbonyl (C=O) groups is 2. The van der Waals surface area contributed by atoms with Gasteiger partial charge < -0.3 is 15.4 Å². The van der Waals surface area contributed by atoms with Crippen molar-refractivity contribution in [1.82, 2.24) is 10.6 Å². The summed E-state index contributed by atoms with van der Waals surface area (Å²) >= 11 is 1.44. The van der Waals surface area contributed by atoms with Crippen LogP contribution in [0.2, 0.25) is 0 Å². The zero-order chi connectivity index (χ0) is 9.40. The Morgan fingerprint density at radius 2 is 2.25 bits per heavy atom. The first-order valence-corrected chi connectivity index (χ1v) is 4.82. The van der Waals surface area contributed by atoms with Crippen molar-refractivity contribution in [1.29, 1.82) is 0 Å². The van der Waals surface area contributed by atoms with Crippen molar-refractivity contribution in [3.63, 3.8) is 0 Å². The maximum atomic E-state index is 11.1. The molecule has 4 nitrogen and oxygen atoms in total. The maximum absolute atomic E-state index is 11.1. The number of hydrogen-bond donors (Lipinski definition) is 2. The van der Waals surface area contributed by atoms with Crippen molar-refractivity contribution in [3.8, 4) is 0 Å². The van der Waals surface area contributed by atoms with Crippen molar-refractivity contribution in [3.05, 3.63) is 0 Å². The van der Waals surface area contributed by atoms with Crippen LogP contribution in [0.4, 0.5) is 0 Å². The number of aldehydes is 1. The van der Waals surface area contributed by atoms with Crippen molar-refractivity contribution in [2.24, 2.45) is 0 Å². The largest absolute Gasteiger partial charge is 0.358 e. The van der Waals surface area contributed by atoms with E-state index >= 15 is 0 Å². The first kappa shape index (κ1) is 11.4. The molecule has 70 valence electrons. The van der Waals surface area contributed by atoms with Gasteiger partial charge in [0, 0.05) is 18.6 Å². The minimum atomic E-state index is -0.208. The second kappa shape index (κ2) is 7.12. The molecule has 0 aliphatic rings. The fourth-order valence-electron chi connectivity index (χ4n) is 0.698. The first-order chi connectivity index (χ1) is 5.76. The van der Waals surface area contributed by atoms with Crippen LogP contribution in [0.25, 0.3) is 0 Å². The van der Waals surface area contributed by atoms with E-state index < -0.39 is 0 Å². The van der Waals surface area contributed by atoms with Gasteiger partial charge in [-0.25, -0.2) is 0 Å². The Morgan fingerprint density at radius 1 is 1.58 bits per heavy atom. The number of carbonyl (C=O) groups excluding carboxylic acids is 2. The summed E-state index contributed by atoms with van der Waals surface area (Å²) in [6, 6.07) is -0.208. The van der Waals surface area contributed by atoms with Gasteiger partial charge in [0.25, 0.3) is 0 Å². The second-order valence-electron chi connectivity index (χ2n) is 2.16. The van der Waals surface area contributed by atoms with Crippen molar-refractivity contribution < 1.29 is 9.59 Å². The molecule has 0 bridgehead atoms. The number of thioether (sulfide) groups is 1. The number of hydrogen-bond acceptors (Lipinski definition) is 4. The number of likely N-dealkylation sites (N-methyl/N-ethyl adjacent to an activating group) is 2. The SMILES string of the molecule is CNC(=O)C(CSCC=O)NC. The summed E-state index contributed by atoms with van der Waals surface area (Å²) < 4.78 is 0. The Balaban J connectivity index is 3.66. The third kappa shape index (κ3) is 4.35. The lowest BCUT2D eigenvalue weighted by molar-refractivity contribution is -0.122. The van der Waals surface area contributed by atoms with E-state index in [1.54, 1.807) is 14.1 Å². The highest BCUT2D eigenvalue weighted by Crippen LogP contribution is 2.00. The first-order valence-electron chi connectivity index (χ1n) is 3.66. The molecular weight excluding hydrogens is 176 g/mol. The molecule has 0 aliphatic carbocycles. The highest BCUT2D eigenvalue weighted by molar-refractivity contribution is 7.99. The van der Waals surface area contributed by atoms with Gasteiger partial charge in [0.05, 0.1) is 6.04 Å². The van der Waals surface area contributed by atoms with Gasteiger partial charge in [0.1, 0.15) is 6.29 Å². The van der Waals surface area contributed by atoms with Gasteiger partial charge in [-0.2, -0.15) is 11.8 Å². The van der Waals surface area contributed by atoms with E-state index in [-0.39, 0.29) is 11.9 Å². The normalized spacial score (nSPS) is 12.2. The van der Waals surface area contributed by atoms with Crippen LogP contribution in [0.1, 0.15) is 0 Å². The summed E-state index contributed by atoms with van der Waals surface area (Å²) in [6.07, 6.45) is 0.835. The third-order valence-electron chi connectivity index (χ3n) is 1.38. The highest BCUT2D eigenvalue weighted by Gasteiger charge is 2.13. The molecule has 0 fully saturated rings. The molecule has 2 N–H and O–H groups in total. The molecule has 0 aromatic rings. The summed E-state index contributed by atoms with van der Waals surface area (Å²) in [6.45, 7) is 0. The van der Waals surface area contributed by atoms with E-state index in [2.05, 4.69) is 10.6 Å². The summed E-state index contributed by atoms with van der Waals surface area (Å²) in [4.78, 5) is 21.0. The smallest absolute Gasteiger partial charge is 0.237 e. The molecule has 0 aromatic carbocycles. The predicted octanol–water partition coefficient (Wildman–Crippen LogP) is -0.747. The van der Waals surface area contributed by atoms with Gasteiger partial charge in [-0.05, 0) is 7.05 Å². The van der Waals surface area contributed by atoms with Crippen LogP contribution in [0.5, 0.6) is 0 Å². The quantitative estimate of drug-likeness (QED) is 0.427. The molecule has 0 saturated heterocycles. The minimum absolute atomic E-state index is 0.0455. The molecule has 0 rings (SSSR count). The molecule has 0 spiro atoms.